The molecule has 0 radical (unpaired) electrons. The molecule has 1 saturated heterocycles. The standard InChI is InChI=1S/C15H29N3O3/c1-11(15(16)20)5-6-14(19)17-7-4-8-18-9-12(2)21-13(3)10-18/h11-13H,4-10H2,1-3H3,(H2,16,20)(H,17,19)/t11?,12-,13?/m0/s1. The Kier molecular flexibility index (Phi) is 7.67. The van der Waals surface area contributed by atoms with Crippen molar-refractivity contribution in [3.63, 3.8) is 0 Å². The molecule has 3 atom stereocenters. The number of carbonyl (C=O) groups excluding carboxylic acids is 2. The molecular weight excluding hydrogens is 270 g/mol. The van der Waals surface area contributed by atoms with Gasteiger partial charge in [-0.3, -0.25) is 14.5 Å². The number of ether oxygens (including phenoxy) is 1. The molecule has 0 aliphatic carbocycles. The van der Waals surface area contributed by atoms with Gasteiger partial charge in [0, 0.05) is 38.5 Å². The Balaban J connectivity index is 2.08. The van der Waals surface area contributed by atoms with Gasteiger partial charge in [0.15, 0.2) is 0 Å². The minimum atomic E-state index is -0.349. The maximum atomic E-state index is 11.6. The van der Waals surface area contributed by atoms with Crippen molar-refractivity contribution in [3.8, 4) is 0 Å². The fraction of sp³-hybridized carbons (Fsp3) is 0.867. The quantitative estimate of drug-likeness (QED) is 0.639. The van der Waals surface area contributed by atoms with Crippen molar-refractivity contribution in [1.82, 2.24) is 10.2 Å². The summed E-state index contributed by atoms with van der Waals surface area (Å²) in [5.41, 5.74) is 5.16. The third-order valence-electron chi connectivity index (χ3n) is 3.76. The number of morpholine rings is 1. The molecule has 1 aliphatic rings. The maximum Gasteiger partial charge on any atom is 0.220 e. The molecule has 6 heteroatoms. The number of hydrogen-bond donors (Lipinski definition) is 2. The van der Waals surface area contributed by atoms with Crippen molar-refractivity contribution in [2.45, 2.75) is 52.2 Å². The number of nitrogens with two attached hydrogens (primary N) is 1. The average Bonchev–Trinajstić information content (AvgIpc) is 2.39. The molecule has 1 heterocycles. The Labute approximate surface area is 127 Å². The van der Waals surface area contributed by atoms with E-state index in [1.807, 2.05) is 0 Å². The second-order valence-electron chi connectivity index (χ2n) is 6.06. The fourth-order valence-corrected chi connectivity index (χ4v) is 2.58. The molecule has 0 bridgehead atoms. The molecule has 0 aromatic rings. The van der Waals surface area contributed by atoms with Crippen molar-refractivity contribution in [2.75, 3.05) is 26.2 Å². The second-order valence-corrected chi connectivity index (χ2v) is 6.06. The van der Waals surface area contributed by atoms with Crippen LogP contribution >= 0.6 is 0 Å². The van der Waals surface area contributed by atoms with Crippen molar-refractivity contribution in [3.05, 3.63) is 0 Å². The van der Waals surface area contributed by atoms with Gasteiger partial charge in [-0.15, -0.1) is 0 Å². The van der Waals surface area contributed by atoms with Gasteiger partial charge in [-0.25, -0.2) is 0 Å². The normalized spacial score (nSPS) is 24.5. The van der Waals surface area contributed by atoms with Gasteiger partial charge in [0.2, 0.25) is 11.8 Å². The van der Waals surface area contributed by atoms with E-state index < -0.39 is 0 Å². The van der Waals surface area contributed by atoms with Crippen molar-refractivity contribution in [2.24, 2.45) is 11.7 Å². The van der Waals surface area contributed by atoms with Gasteiger partial charge in [-0.2, -0.15) is 0 Å². The number of rotatable bonds is 8. The minimum absolute atomic E-state index is 0.00758. The number of hydrogen-bond acceptors (Lipinski definition) is 4. The summed E-state index contributed by atoms with van der Waals surface area (Å²) in [4.78, 5) is 24.9. The van der Waals surface area contributed by atoms with Crippen LogP contribution in [-0.4, -0.2) is 55.1 Å². The number of carbonyl (C=O) groups is 2. The lowest BCUT2D eigenvalue weighted by Crippen LogP contribution is -2.46. The van der Waals surface area contributed by atoms with Gasteiger partial charge >= 0.3 is 0 Å². The predicted molar refractivity (Wildman–Crippen MR) is 81.7 cm³/mol. The van der Waals surface area contributed by atoms with E-state index >= 15 is 0 Å². The van der Waals surface area contributed by atoms with Crippen LogP contribution in [-0.2, 0) is 14.3 Å². The maximum absolute atomic E-state index is 11.6. The third kappa shape index (κ3) is 7.43. The fourth-order valence-electron chi connectivity index (χ4n) is 2.58. The smallest absolute Gasteiger partial charge is 0.220 e. The first-order valence-electron chi connectivity index (χ1n) is 7.82. The van der Waals surface area contributed by atoms with Crippen LogP contribution in [0.3, 0.4) is 0 Å². The monoisotopic (exact) mass is 299 g/mol. The summed E-state index contributed by atoms with van der Waals surface area (Å²) in [5, 5.41) is 2.89. The van der Waals surface area contributed by atoms with Crippen LogP contribution in [0.15, 0.2) is 0 Å². The molecule has 1 aliphatic heterocycles. The first-order chi connectivity index (χ1) is 9.88. The third-order valence-corrected chi connectivity index (χ3v) is 3.76. The molecule has 0 aromatic heterocycles. The van der Waals surface area contributed by atoms with Crippen LogP contribution in [0.5, 0.6) is 0 Å². The summed E-state index contributed by atoms with van der Waals surface area (Å²) in [5.74, 6) is -0.600. The minimum Gasteiger partial charge on any atom is -0.373 e. The lowest BCUT2D eigenvalue weighted by molar-refractivity contribution is -0.123. The largest absolute Gasteiger partial charge is 0.373 e. The van der Waals surface area contributed by atoms with E-state index in [0.717, 1.165) is 26.1 Å². The van der Waals surface area contributed by atoms with E-state index in [2.05, 4.69) is 24.1 Å². The van der Waals surface area contributed by atoms with Gasteiger partial charge in [0.1, 0.15) is 0 Å². The molecule has 3 N–H and O–H groups in total. The topological polar surface area (TPSA) is 84.7 Å². The number of primary amides is 1. The Morgan fingerprint density at radius 3 is 2.52 bits per heavy atom. The van der Waals surface area contributed by atoms with Gasteiger partial charge in [-0.05, 0) is 26.7 Å². The van der Waals surface area contributed by atoms with Crippen molar-refractivity contribution in [1.29, 1.82) is 0 Å². The molecule has 21 heavy (non-hydrogen) atoms. The van der Waals surface area contributed by atoms with Crippen LogP contribution in [0.25, 0.3) is 0 Å². The van der Waals surface area contributed by atoms with Crippen LogP contribution in [0.4, 0.5) is 0 Å². The molecule has 2 unspecified atom stereocenters. The first-order valence-corrected chi connectivity index (χ1v) is 7.82. The Morgan fingerprint density at radius 2 is 1.95 bits per heavy atom. The highest BCUT2D eigenvalue weighted by molar-refractivity contribution is 5.79. The van der Waals surface area contributed by atoms with E-state index in [0.29, 0.717) is 19.4 Å². The summed E-state index contributed by atoms with van der Waals surface area (Å²) in [7, 11) is 0. The van der Waals surface area contributed by atoms with Gasteiger partial charge in [0.25, 0.3) is 0 Å². The SMILES string of the molecule is CC1CN(CCCNC(=O)CCC(C)C(N)=O)C[C@H](C)O1. The van der Waals surface area contributed by atoms with Crippen LogP contribution in [0.1, 0.15) is 40.0 Å². The zero-order chi connectivity index (χ0) is 15.8. The van der Waals surface area contributed by atoms with Crippen LogP contribution in [0, 0.1) is 5.92 Å². The van der Waals surface area contributed by atoms with E-state index in [4.69, 9.17) is 10.5 Å². The van der Waals surface area contributed by atoms with Crippen molar-refractivity contribution < 1.29 is 14.3 Å². The van der Waals surface area contributed by atoms with E-state index in [1.54, 1.807) is 6.92 Å². The molecule has 2 amide bonds. The first kappa shape index (κ1) is 17.9. The van der Waals surface area contributed by atoms with Crippen LogP contribution < -0.4 is 11.1 Å². The highest BCUT2D eigenvalue weighted by Gasteiger charge is 2.21. The van der Waals surface area contributed by atoms with Crippen molar-refractivity contribution >= 4 is 11.8 Å². The van der Waals surface area contributed by atoms with Gasteiger partial charge in [0.05, 0.1) is 12.2 Å². The number of amides is 2. The summed E-state index contributed by atoms with van der Waals surface area (Å²) < 4.78 is 5.69. The number of nitrogens with zero attached hydrogens (tertiary/aromatic N) is 1. The highest BCUT2D eigenvalue weighted by atomic mass is 16.5. The summed E-state index contributed by atoms with van der Waals surface area (Å²) >= 11 is 0. The molecule has 0 aromatic carbocycles. The Hall–Kier alpha value is -1.14. The predicted octanol–water partition coefficient (Wildman–Crippen LogP) is 0.504. The van der Waals surface area contributed by atoms with E-state index in [9.17, 15) is 9.59 Å². The number of nitrogens with one attached hydrogen (secondary N) is 1. The lowest BCUT2D eigenvalue weighted by Gasteiger charge is -2.35. The molecule has 122 valence electrons. The van der Waals surface area contributed by atoms with Gasteiger partial charge < -0.3 is 15.8 Å². The molecule has 1 fully saturated rings. The highest BCUT2D eigenvalue weighted by Crippen LogP contribution is 2.10. The second kappa shape index (κ2) is 9.00. The molecular formula is C15H29N3O3. The zero-order valence-electron chi connectivity index (χ0n) is 13.4. The van der Waals surface area contributed by atoms with Gasteiger partial charge in [-0.1, -0.05) is 6.92 Å². The van der Waals surface area contributed by atoms with E-state index in [-0.39, 0.29) is 29.9 Å². The Bertz CT molecular complexity index is 339. The molecule has 1 rings (SSSR count). The summed E-state index contributed by atoms with van der Waals surface area (Å²) in [6.07, 6.45) is 2.35. The van der Waals surface area contributed by atoms with E-state index in [1.165, 1.54) is 0 Å². The lowest BCUT2D eigenvalue weighted by atomic mass is 10.1. The molecule has 6 nitrogen and oxygen atoms in total. The molecule has 0 spiro atoms. The van der Waals surface area contributed by atoms with Crippen LogP contribution in [0.2, 0.25) is 0 Å². The average molecular weight is 299 g/mol. The summed E-state index contributed by atoms with van der Waals surface area (Å²) in [6.45, 7) is 9.47. The Morgan fingerprint density at radius 1 is 1.33 bits per heavy atom. The summed E-state index contributed by atoms with van der Waals surface area (Å²) in [6, 6.07) is 0. The molecule has 0 saturated carbocycles. The zero-order valence-corrected chi connectivity index (χ0v) is 13.4.